The zero-order valence-corrected chi connectivity index (χ0v) is 23.3. The number of aliphatic hydroxyl groups is 1. The fourth-order valence-electron chi connectivity index (χ4n) is 6.54. The Bertz CT molecular complexity index is 1500. The number of alkyl halides is 6. The summed E-state index contributed by atoms with van der Waals surface area (Å²) in [5, 5.41) is 30.9. The number of hydrogen-bond donors (Lipinski definition) is 3. The topological polar surface area (TPSA) is 107 Å². The van der Waals surface area contributed by atoms with Gasteiger partial charge in [0, 0.05) is 5.56 Å². The van der Waals surface area contributed by atoms with Gasteiger partial charge in [0.2, 0.25) is 11.8 Å². The number of hydrogen-bond acceptors (Lipinski definition) is 6. The highest BCUT2D eigenvalue weighted by molar-refractivity contribution is 6.43. The molecule has 0 saturated carbocycles. The number of amides is 2. The van der Waals surface area contributed by atoms with Crippen molar-refractivity contribution in [2.45, 2.75) is 51.0 Å². The highest BCUT2D eigenvalue weighted by Gasteiger charge is 2.58. The Kier molecular flexibility index (Phi) is 8.47. The van der Waals surface area contributed by atoms with Crippen molar-refractivity contribution in [1.29, 1.82) is 0 Å². The van der Waals surface area contributed by atoms with E-state index < -0.39 is 78.6 Å². The number of fused-ring (bicyclic) bond motifs is 3. The third-order valence-corrected chi connectivity index (χ3v) is 8.47. The molecule has 3 aliphatic rings. The number of phenols is 1. The van der Waals surface area contributed by atoms with E-state index in [0.29, 0.717) is 40.2 Å². The SMILES string of the molecule is C/C(=C\c1ccccc1O)CC[C@H]1OB(O)C[C@H]2C1=C(CO)C[C@H]1C(=O)N(c3cc(C(F)(F)F)cc(C(F)(F)F)c3)C(=O)[C@H]12. The third-order valence-electron chi connectivity index (χ3n) is 8.47. The van der Waals surface area contributed by atoms with Gasteiger partial charge in [-0.3, -0.25) is 9.59 Å². The lowest BCUT2D eigenvalue weighted by Gasteiger charge is -2.42. The smallest absolute Gasteiger partial charge is 0.455 e. The van der Waals surface area contributed by atoms with Gasteiger partial charge in [-0.05, 0) is 73.8 Å². The Hall–Kier alpha value is -3.62. The van der Waals surface area contributed by atoms with E-state index in [4.69, 9.17) is 4.65 Å². The average molecular weight is 623 g/mol. The molecule has 2 amide bonds. The molecule has 7 nitrogen and oxygen atoms in total. The minimum absolute atomic E-state index is 0.0805. The predicted octanol–water partition coefficient (Wildman–Crippen LogP) is 5.61. The first-order valence-electron chi connectivity index (χ1n) is 13.9. The van der Waals surface area contributed by atoms with Gasteiger partial charge in [0.15, 0.2) is 0 Å². The predicted molar refractivity (Wildman–Crippen MR) is 147 cm³/mol. The van der Waals surface area contributed by atoms with Crippen LogP contribution >= 0.6 is 0 Å². The Morgan fingerprint density at radius 1 is 1.02 bits per heavy atom. The molecule has 3 N–H and O–H groups in total. The van der Waals surface area contributed by atoms with Crippen molar-refractivity contribution in [3.63, 3.8) is 0 Å². The Morgan fingerprint density at radius 2 is 1.66 bits per heavy atom. The van der Waals surface area contributed by atoms with Crippen molar-refractivity contribution in [2.75, 3.05) is 11.5 Å². The molecule has 5 rings (SSSR count). The molecule has 0 unspecified atom stereocenters. The minimum atomic E-state index is -5.18. The van der Waals surface area contributed by atoms with E-state index in [0.717, 1.165) is 5.57 Å². The third kappa shape index (κ3) is 6.02. The van der Waals surface area contributed by atoms with Crippen LogP contribution in [0.15, 0.2) is 59.2 Å². The summed E-state index contributed by atoms with van der Waals surface area (Å²) in [7, 11) is -1.38. The maximum atomic E-state index is 13.7. The Labute approximate surface area is 248 Å². The van der Waals surface area contributed by atoms with Crippen molar-refractivity contribution in [1.82, 2.24) is 0 Å². The molecule has 234 valence electrons. The van der Waals surface area contributed by atoms with Crippen molar-refractivity contribution in [2.24, 2.45) is 17.8 Å². The molecule has 2 fully saturated rings. The summed E-state index contributed by atoms with van der Waals surface area (Å²) in [4.78, 5) is 27.6. The van der Waals surface area contributed by atoms with Gasteiger partial charge in [0.25, 0.3) is 0 Å². The maximum absolute atomic E-state index is 13.7. The standard InChI is InChI=1S/C30H28BF6NO6/c1-15(8-16-4-2-3-5-23(16)40)6-7-24-25-17(14-39)9-21-26(22(25)13-31(43)44-24)28(42)38(27(21)41)20-11-18(29(32,33)34)10-19(12-20)30(35,36)37/h2-5,8,10-12,21-22,24,26,39-40,43H,6-7,9,13-14H2,1H3/b15-8+/t21-,22+,24-,26-/m1/s1. The second-order valence-electron chi connectivity index (χ2n) is 11.3. The van der Waals surface area contributed by atoms with E-state index in [1.54, 1.807) is 24.3 Å². The molecule has 44 heavy (non-hydrogen) atoms. The molecule has 2 heterocycles. The summed E-state index contributed by atoms with van der Waals surface area (Å²) >= 11 is 0. The molecule has 2 aromatic carbocycles. The molecule has 2 saturated heterocycles. The lowest BCUT2D eigenvalue weighted by molar-refractivity contribution is -0.143. The summed E-state index contributed by atoms with van der Waals surface area (Å²) in [5.41, 5.74) is -1.88. The van der Waals surface area contributed by atoms with Crippen LogP contribution < -0.4 is 4.90 Å². The number of imide groups is 1. The summed E-state index contributed by atoms with van der Waals surface area (Å²) in [5.74, 6) is -5.06. The number of allylic oxidation sites excluding steroid dienone is 1. The van der Waals surface area contributed by atoms with E-state index in [1.807, 2.05) is 6.92 Å². The molecule has 0 bridgehead atoms. The van der Waals surface area contributed by atoms with E-state index >= 15 is 0 Å². The fraction of sp³-hybridized carbons (Fsp3) is 0.400. The number of phenolic OH excluding ortho intramolecular Hbond substituents is 1. The molecular weight excluding hydrogens is 595 g/mol. The maximum Gasteiger partial charge on any atom is 0.455 e. The molecule has 2 aliphatic heterocycles. The molecule has 0 spiro atoms. The fourth-order valence-corrected chi connectivity index (χ4v) is 6.54. The van der Waals surface area contributed by atoms with Crippen LogP contribution in [0.25, 0.3) is 6.08 Å². The number of carbonyl (C=O) groups is 2. The highest BCUT2D eigenvalue weighted by atomic mass is 19.4. The first-order chi connectivity index (χ1) is 20.6. The van der Waals surface area contributed by atoms with E-state index in [2.05, 4.69) is 0 Å². The van der Waals surface area contributed by atoms with Gasteiger partial charge in [-0.1, -0.05) is 29.8 Å². The summed E-state index contributed by atoms with van der Waals surface area (Å²) in [6.07, 6.45) is -9.00. The molecule has 2 aromatic rings. The van der Waals surface area contributed by atoms with Crippen LogP contribution in [0.3, 0.4) is 0 Å². The van der Waals surface area contributed by atoms with Gasteiger partial charge in [-0.15, -0.1) is 0 Å². The molecular formula is C30H28BF6NO6. The van der Waals surface area contributed by atoms with Crippen LogP contribution in [-0.2, 0) is 26.6 Å². The number of para-hydroxylation sites is 1. The minimum Gasteiger partial charge on any atom is -0.507 e. The average Bonchev–Trinajstić information content (AvgIpc) is 3.20. The van der Waals surface area contributed by atoms with Crippen LogP contribution in [0.4, 0.5) is 32.0 Å². The van der Waals surface area contributed by atoms with Gasteiger partial charge in [0.05, 0.1) is 41.4 Å². The molecule has 4 atom stereocenters. The zero-order chi connectivity index (χ0) is 32.1. The number of rotatable bonds is 6. The van der Waals surface area contributed by atoms with E-state index in [1.165, 1.54) is 6.07 Å². The van der Waals surface area contributed by atoms with E-state index in [-0.39, 0.29) is 31.0 Å². The Balaban J connectivity index is 1.47. The number of anilines is 1. The number of nitrogens with zero attached hydrogens (tertiary/aromatic N) is 1. The Morgan fingerprint density at radius 3 is 2.25 bits per heavy atom. The zero-order valence-electron chi connectivity index (χ0n) is 23.3. The number of benzene rings is 2. The lowest BCUT2D eigenvalue weighted by Crippen LogP contribution is -2.46. The lowest BCUT2D eigenvalue weighted by atomic mass is 9.58. The quantitative estimate of drug-likeness (QED) is 0.167. The van der Waals surface area contributed by atoms with Crippen molar-refractivity contribution in [3.8, 4) is 5.75 Å². The first kappa shape index (κ1) is 31.8. The van der Waals surface area contributed by atoms with Gasteiger partial charge in [0.1, 0.15) is 5.75 Å². The van der Waals surface area contributed by atoms with Gasteiger partial charge in [-0.2, -0.15) is 26.3 Å². The number of carbonyl (C=O) groups excluding carboxylic acids is 2. The van der Waals surface area contributed by atoms with Gasteiger partial charge in [-0.25, -0.2) is 4.90 Å². The molecule has 0 radical (unpaired) electrons. The highest BCUT2D eigenvalue weighted by Crippen LogP contribution is 2.52. The summed E-state index contributed by atoms with van der Waals surface area (Å²) < 4.78 is 87.0. The van der Waals surface area contributed by atoms with Crippen molar-refractivity contribution >= 4 is 30.7 Å². The molecule has 1 aliphatic carbocycles. The van der Waals surface area contributed by atoms with Crippen LogP contribution in [-0.4, -0.2) is 46.9 Å². The van der Waals surface area contributed by atoms with Crippen LogP contribution in [0.2, 0.25) is 6.32 Å². The number of aliphatic hydroxyl groups excluding tert-OH is 1. The van der Waals surface area contributed by atoms with Crippen LogP contribution in [0.5, 0.6) is 5.75 Å². The summed E-state index contributed by atoms with van der Waals surface area (Å²) in [6, 6.07) is 7.29. The largest absolute Gasteiger partial charge is 0.507 e. The monoisotopic (exact) mass is 623 g/mol. The molecule has 0 aromatic heterocycles. The van der Waals surface area contributed by atoms with Crippen molar-refractivity contribution in [3.05, 3.63) is 75.9 Å². The van der Waals surface area contributed by atoms with Crippen LogP contribution in [0.1, 0.15) is 42.9 Å². The van der Waals surface area contributed by atoms with Gasteiger partial charge < -0.3 is 19.9 Å². The normalized spacial score (nSPS) is 24.6. The second kappa shape index (κ2) is 11.7. The van der Waals surface area contributed by atoms with Crippen molar-refractivity contribution < 1.29 is 55.8 Å². The second-order valence-corrected chi connectivity index (χ2v) is 11.3. The van der Waals surface area contributed by atoms with E-state index in [9.17, 15) is 51.2 Å². The number of halogens is 6. The van der Waals surface area contributed by atoms with Crippen LogP contribution in [0, 0.1) is 17.8 Å². The first-order valence-corrected chi connectivity index (χ1v) is 13.9. The summed E-state index contributed by atoms with van der Waals surface area (Å²) in [6.45, 7) is 1.30. The molecule has 14 heteroatoms. The van der Waals surface area contributed by atoms with Gasteiger partial charge >= 0.3 is 19.5 Å². The number of aromatic hydroxyl groups is 1.